The number of nitrogens with zero attached hydrogens (tertiary/aromatic N) is 3. The molecule has 0 radical (unpaired) electrons. The van der Waals surface area contributed by atoms with Crippen LogP contribution in [0.2, 0.25) is 5.02 Å². The summed E-state index contributed by atoms with van der Waals surface area (Å²) in [4.78, 5) is 12.4. The highest BCUT2D eigenvalue weighted by Gasteiger charge is 2.24. The van der Waals surface area contributed by atoms with E-state index in [0.717, 1.165) is 12.8 Å². The van der Waals surface area contributed by atoms with E-state index in [1.807, 2.05) is 0 Å². The van der Waals surface area contributed by atoms with Gasteiger partial charge in [0, 0.05) is 30.6 Å². The summed E-state index contributed by atoms with van der Waals surface area (Å²) in [5.41, 5.74) is 0.0957. The van der Waals surface area contributed by atoms with Gasteiger partial charge in [-0.25, -0.2) is 18.3 Å². The molecule has 0 spiro atoms. The van der Waals surface area contributed by atoms with E-state index in [0.29, 0.717) is 35.8 Å². The predicted octanol–water partition coefficient (Wildman–Crippen LogP) is 3.49. The summed E-state index contributed by atoms with van der Waals surface area (Å²) in [6.07, 6.45) is 2.00. The van der Waals surface area contributed by atoms with Crippen molar-refractivity contribution in [3.8, 4) is 0 Å². The molecule has 7 heteroatoms. The monoisotopic (exact) mass is 355 g/mol. The lowest BCUT2D eigenvalue weighted by Gasteiger charge is -2.24. The standard InChI is InChI=1S/C17H20ClF2N3O/c1-22-17(24)23(10-11-5-7-12(19)8-6-11)16(21-22)9-13-14(18)3-2-4-15(13)20/h2-4,11-12H,5-10H2,1H3. The number of halogens is 3. The van der Waals surface area contributed by atoms with Crippen LogP contribution < -0.4 is 5.69 Å². The number of alkyl halides is 1. The lowest BCUT2D eigenvalue weighted by molar-refractivity contribution is 0.194. The summed E-state index contributed by atoms with van der Waals surface area (Å²) < 4.78 is 30.2. The van der Waals surface area contributed by atoms with Crippen LogP contribution >= 0.6 is 11.6 Å². The van der Waals surface area contributed by atoms with Crippen LogP contribution in [0.4, 0.5) is 8.78 Å². The molecule has 1 heterocycles. The van der Waals surface area contributed by atoms with Crippen molar-refractivity contribution >= 4 is 11.6 Å². The molecule has 0 saturated heterocycles. The Bertz CT molecular complexity index is 758. The van der Waals surface area contributed by atoms with Crippen LogP contribution in [0.3, 0.4) is 0 Å². The highest BCUT2D eigenvalue weighted by Crippen LogP contribution is 2.28. The Morgan fingerprint density at radius 2 is 2.00 bits per heavy atom. The molecule has 24 heavy (non-hydrogen) atoms. The average Bonchev–Trinajstić information content (AvgIpc) is 2.81. The molecule has 1 fully saturated rings. The molecule has 0 aliphatic heterocycles. The second-order valence-electron chi connectivity index (χ2n) is 6.43. The Kier molecular flexibility index (Phi) is 5.04. The second-order valence-corrected chi connectivity index (χ2v) is 6.84. The third kappa shape index (κ3) is 3.53. The first-order valence-corrected chi connectivity index (χ1v) is 8.53. The van der Waals surface area contributed by atoms with Gasteiger partial charge in [-0.2, -0.15) is 5.10 Å². The first kappa shape index (κ1) is 17.1. The number of hydrogen-bond acceptors (Lipinski definition) is 2. The molecule has 0 bridgehead atoms. The van der Waals surface area contributed by atoms with Gasteiger partial charge in [-0.05, 0) is 43.7 Å². The lowest BCUT2D eigenvalue weighted by Crippen LogP contribution is -2.28. The summed E-state index contributed by atoms with van der Waals surface area (Å²) in [5, 5.41) is 4.55. The fourth-order valence-corrected chi connectivity index (χ4v) is 3.52. The molecule has 0 unspecified atom stereocenters. The number of benzene rings is 1. The Morgan fingerprint density at radius 3 is 2.67 bits per heavy atom. The van der Waals surface area contributed by atoms with E-state index in [-0.39, 0.29) is 18.0 Å². The normalized spacial score (nSPS) is 21.2. The fourth-order valence-electron chi connectivity index (χ4n) is 3.29. The second kappa shape index (κ2) is 7.05. The van der Waals surface area contributed by atoms with Crippen molar-refractivity contribution in [1.82, 2.24) is 14.3 Å². The van der Waals surface area contributed by atoms with Crippen LogP contribution in [0.1, 0.15) is 37.1 Å². The van der Waals surface area contributed by atoms with Gasteiger partial charge in [0.25, 0.3) is 0 Å². The van der Waals surface area contributed by atoms with Gasteiger partial charge < -0.3 is 0 Å². The maximum absolute atomic E-state index is 14.0. The van der Waals surface area contributed by atoms with Crippen LogP contribution in [0.5, 0.6) is 0 Å². The lowest BCUT2D eigenvalue weighted by atomic mass is 9.88. The van der Waals surface area contributed by atoms with Gasteiger partial charge in [-0.3, -0.25) is 4.57 Å². The van der Waals surface area contributed by atoms with E-state index >= 15 is 0 Å². The topological polar surface area (TPSA) is 39.8 Å². The predicted molar refractivity (Wildman–Crippen MR) is 88.5 cm³/mol. The van der Waals surface area contributed by atoms with Crippen molar-refractivity contribution in [2.45, 2.75) is 44.8 Å². The SMILES string of the molecule is Cn1nc(Cc2c(F)cccc2Cl)n(CC2CCC(F)CC2)c1=O. The van der Waals surface area contributed by atoms with Gasteiger partial charge in [0.05, 0.1) is 0 Å². The number of aromatic nitrogens is 3. The summed E-state index contributed by atoms with van der Waals surface area (Å²) >= 11 is 6.08. The molecule has 1 aromatic carbocycles. The van der Waals surface area contributed by atoms with Crippen molar-refractivity contribution in [1.29, 1.82) is 0 Å². The molecule has 4 nitrogen and oxygen atoms in total. The third-order valence-electron chi connectivity index (χ3n) is 4.70. The maximum atomic E-state index is 14.0. The molecule has 3 rings (SSSR count). The average molecular weight is 356 g/mol. The number of hydrogen-bond donors (Lipinski definition) is 0. The van der Waals surface area contributed by atoms with Crippen molar-refractivity contribution < 1.29 is 8.78 Å². The molecule has 1 aliphatic rings. The van der Waals surface area contributed by atoms with Crippen LogP contribution in [0, 0.1) is 11.7 Å². The van der Waals surface area contributed by atoms with E-state index in [1.165, 1.54) is 10.7 Å². The van der Waals surface area contributed by atoms with Gasteiger partial charge in [0.1, 0.15) is 17.8 Å². The van der Waals surface area contributed by atoms with E-state index < -0.39 is 12.0 Å². The van der Waals surface area contributed by atoms with Crippen LogP contribution in [-0.2, 0) is 20.0 Å². The molecule has 1 aliphatic carbocycles. The maximum Gasteiger partial charge on any atom is 0.345 e. The van der Waals surface area contributed by atoms with E-state index in [4.69, 9.17) is 11.6 Å². The first-order valence-electron chi connectivity index (χ1n) is 8.15. The van der Waals surface area contributed by atoms with Crippen molar-refractivity contribution in [3.63, 3.8) is 0 Å². The van der Waals surface area contributed by atoms with Crippen molar-refractivity contribution in [2.75, 3.05) is 0 Å². The molecular formula is C17H20ClF2N3O. The fraction of sp³-hybridized carbons (Fsp3) is 0.529. The van der Waals surface area contributed by atoms with Gasteiger partial charge in [0.2, 0.25) is 0 Å². The van der Waals surface area contributed by atoms with E-state index in [2.05, 4.69) is 5.10 Å². The van der Waals surface area contributed by atoms with Gasteiger partial charge in [-0.1, -0.05) is 17.7 Å². The zero-order valence-corrected chi connectivity index (χ0v) is 14.3. The minimum atomic E-state index is -0.733. The molecule has 2 aromatic rings. The molecule has 1 saturated carbocycles. The minimum absolute atomic E-state index is 0.153. The minimum Gasteiger partial charge on any atom is -0.278 e. The largest absolute Gasteiger partial charge is 0.345 e. The zero-order valence-electron chi connectivity index (χ0n) is 13.5. The third-order valence-corrected chi connectivity index (χ3v) is 5.05. The van der Waals surface area contributed by atoms with E-state index in [1.54, 1.807) is 23.7 Å². The number of aryl methyl sites for hydroxylation is 1. The van der Waals surface area contributed by atoms with Gasteiger partial charge in [-0.15, -0.1) is 0 Å². The molecule has 1 aromatic heterocycles. The van der Waals surface area contributed by atoms with Gasteiger partial charge >= 0.3 is 5.69 Å². The summed E-state index contributed by atoms with van der Waals surface area (Å²) in [6, 6.07) is 4.51. The summed E-state index contributed by atoms with van der Waals surface area (Å²) in [6.45, 7) is 0.487. The summed E-state index contributed by atoms with van der Waals surface area (Å²) in [7, 11) is 1.57. The molecule has 130 valence electrons. The van der Waals surface area contributed by atoms with Crippen LogP contribution in [0.15, 0.2) is 23.0 Å². The molecular weight excluding hydrogens is 336 g/mol. The first-order chi connectivity index (χ1) is 11.5. The highest BCUT2D eigenvalue weighted by molar-refractivity contribution is 6.31. The number of rotatable bonds is 4. The van der Waals surface area contributed by atoms with Gasteiger partial charge in [0.15, 0.2) is 0 Å². The van der Waals surface area contributed by atoms with E-state index in [9.17, 15) is 13.6 Å². The smallest absolute Gasteiger partial charge is 0.278 e. The van der Waals surface area contributed by atoms with Crippen LogP contribution in [-0.4, -0.2) is 20.5 Å². The molecule has 0 amide bonds. The molecule has 0 N–H and O–H groups in total. The summed E-state index contributed by atoms with van der Waals surface area (Å²) in [5.74, 6) is 0.315. The van der Waals surface area contributed by atoms with Crippen molar-refractivity contribution in [2.24, 2.45) is 13.0 Å². The quantitative estimate of drug-likeness (QED) is 0.842. The Labute approximate surface area is 144 Å². The molecule has 0 atom stereocenters. The highest BCUT2D eigenvalue weighted by atomic mass is 35.5. The Morgan fingerprint density at radius 1 is 1.29 bits per heavy atom. The Hall–Kier alpha value is -1.69. The van der Waals surface area contributed by atoms with Crippen molar-refractivity contribution in [3.05, 3.63) is 50.9 Å². The zero-order chi connectivity index (χ0) is 17.3. The van der Waals surface area contributed by atoms with Crippen LogP contribution in [0.25, 0.3) is 0 Å². The Balaban J connectivity index is 1.86.